The molecule has 2 N–H and O–H groups in total. The van der Waals surface area contributed by atoms with Gasteiger partial charge in [0.25, 0.3) is 0 Å². The van der Waals surface area contributed by atoms with Gasteiger partial charge in [0, 0.05) is 29.7 Å². The fraction of sp³-hybridized carbons (Fsp3) is 0.250. The molecule has 2 amide bonds. The van der Waals surface area contributed by atoms with E-state index >= 15 is 0 Å². The number of hydrogen-bond acceptors (Lipinski definition) is 4. The van der Waals surface area contributed by atoms with Crippen molar-refractivity contribution in [2.75, 3.05) is 24.2 Å². The second kappa shape index (κ2) is 8.10. The van der Waals surface area contributed by atoms with E-state index in [1.807, 2.05) is 24.1 Å². The molecule has 23 heavy (non-hydrogen) atoms. The van der Waals surface area contributed by atoms with Crippen molar-refractivity contribution in [1.29, 1.82) is 0 Å². The Morgan fingerprint density at radius 2 is 1.87 bits per heavy atom. The molecule has 0 saturated heterocycles. The average Bonchev–Trinajstić information content (AvgIpc) is 2.83. The molecule has 0 atom stereocenters. The van der Waals surface area contributed by atoms with Crippen LogP contribution < -0.4 is 10.6 Å². The molecule has 0 aliphatic carbocycles. The Kier molecular flexibility index (Phi) is 6.15. The summed E-state index contributed by atoms with van der Waals surface area (Å²) in [5.74, 6) is -0.266. The first-order chi connectivity index (χ1) is 10.9. The van der Waals surface area contributed by atoms with Crippen LogP contribution in [0.15, 0.2) is 36.4 Å². The SMILES string of the molecule is CC(=O)Nc1cccc(NC(=O)CN(C)Cc2ccc(Cl)s2)c1. The Hall–Kier alpha value is -1.89. The first-order valence-corrected chi connectivity index (χ1v) is 8.22. The zero-order valence-corrected chi connectivity index (χ0v) is 14.5. The minimum absolute atomic E-state index is 0.116. The molecule has 7 heteroatoms. The minimum atomic E-state index is -0.150. The van der Waals surface area contributed by atoms with Crippen molar-refractivity contribution >= 4 is 46.1 Å². The van der Waals surface area contributed by atoms with Gasteiger partial charge in [-0.05, 0) is 37.4 Å². The van der Waals surface area contributed by atoms with Crippen LogP contribution in [0.3, 0.4) is 0 Å². The van der Waals surface area contributed by atoms with Crippen molar-refractivity contribution in [3.8, 4) is 0 Å². The largest absolute Gasteiger partial charge is 0.326 e. The summed E-state index contributed by atoms with van der Waals surface area (Å²) in [5, 5.41) is 5.51. The fourth-order valence-corrected chi connectivity index (χ4v) is 3.25. The van der Waals surface area contributed by atoms with Crippen LogP contribution in [0, 0.1) is 0 Å². The number of thiophene rings is 1. The highest BCUT2D eigenvalue weighted by atomic mass is 35.5. The lowest BCUT2D eigenvalue weighted by Gasteiger charge is -2.15. The van der Waals surface area contributed by atoms with Crippen LogP contribution in [-0.4, -0.2) is 30.3 Å². The number of benzene rings is 1. The third-order valence-electron chi connectivity index (χ3n) is 2.93. The van der Waals surface area contributed by atoms with E-state index in [4.69, 9.17) is 11.6 Å². The van der Waals surface area contributed by atoms with Crippen molar-refractivity contribution in [2.45, 2.75) is 13.5 Å². The lowest BCUT2D eigenvalue weighted by Crippen LogP contribution is -2.29. The number of amides is 2. The summed E-state index contributed by atoms with van der Waals surface area (Å²) < 4.78 is 0.743. The number of anilines is 2. The van der Waals surface area contributed by atoms with Crippen molar-refractivity contribution < 1.29 is 9.59 Å². The molecule has 0 unspecified atom stereocenters. The van der Waals surface area contributed by atoms with Gasteiger partial charge in [0.1, 0.15) is 0 Å². The fourth-order valence-electron chi connectivity index (χ4n) is 2.08. The molecule has 2 aromatic rings. The van der Waals surface area contributed by atoms with E-state index in [0.29, 0.717) is 17.9 Å². The highest BCUT2D eigenvalue weighted by Gasteiger charge is 2.09. The van der Waals surface area contributed by atoms with E-state index in [-0.39, 0.29) is 18.4 Å². The number of likely N-dealkylation sites (N-methyl/N-ethyl adjacent to an activating group) is 1. The molecule has 0 aliphatic heterocycles. The molecular weight excluding hydrogens is 334 g/mol. The first-order valence-electron chi connectivity index (χ1n) is 7.02. The summed E-state index contributed by atoms with van der Waals surface area (Å²) in [7, 11) is 1.88. The monoisotopic (exact) mass is 351 g/mol. The molecule has 0 saturated carbocycles. The second-order valence-corrected chi connectivity index (χ2v) is 6.99. The summed E-state index contributed by atoms with van der Waals surface area (Å²) in [6, 6.07) is 10.9. The van der Waals surface area contributed by atoms with Gasteiger partial charge >= 0.3 is 0 Å². The Morgan fingerprint density at radius 3 is 2.48 bits per heavy atom. The van der Waals surface area contributed by atoms with Gasteiger partial charge in [-0.25, -0.2) is 0 Å². The summed E-state index contributed by atoms with van der Waals surface area (Å²) in [6.07, 6.45) is 0. The zero-order valence-electron chi connectivity index (χ0n) is 12.9. The molecule has 5 nitrogen and oxygen atoms in total. The standard InChI is InChI=1S/C16H18ClN3O2S/c1-11(21)18-12-4-3-5-13(8-12)19-16(22)10-20(2)9-14-6-7-15(17)23-14/h3-8H,9-10H2,1-2H3,(H,18,21)(H,19,22). The van der Waals surface area contributed by atoms with Crippen LogP contribution >= 0.6 is 22.9 Å². The van der Waals surface area contributed by atoms with Gasteiger partial charge in [0.15, 0.2) is 0 Å². The van der Waals surface area contributed by atoms with Gasteiger partial charge in [-0.2, -0.15) is 0 Å². The number of nitrogens with one attached hydrogen (secondary N) is 2. The highest BCUT2D eigenvalue weighted by molar-refractivity contribution is 7.16. The van der Waals surface area contributed by atoms with Crippen molar-refractivity contribution in [3.05, 3.63) is 45.6 Å². The third kappa shape index (κ3) is 6.02. The van der Waals surface area contributed by atoms with E-state index in [0.717, 1.165) is 9.21 Å². The van der Waals surface area contributed by atoms with Crippen molar-refractivity contribution in [2.24, 2.45) is 0 Å². The van der Waals surface area contributed by atoms with E-state index in [2.05, 4.69) is 10.6 Å². The summed E-state index contributed by atoms with van der Waals surface area (Å²) in [5.41, 5.74) is 1.30. The lowest BCUT2D eigenvalue weighted by atomic mass is 10.2. The van der Waals surface area contributed by atoms with Gasteiger partial charge in [0.2, 0.25) is 11.8 Å². The van der Waals surface area contributed by atoms with Crippen LogP contribution in [0.5, 0.6) is 0 Å². The third-order valence-corrected chi connectivity index (χ3v) is 4.15. The normalized spacial score (nSPS) is 10.6. The van der Waals surface area contributed by atoms with E-state index in [9.17, 15) is 9.59 Å². The van der Waals surface area contributed by atoms with Crippen LogP contribution in [0.2, 0.25) is 4.34 Å². The maximum absolute atomic E-state index is 12.1. The van der Waals surface area contributed by atoms with Gasteiger partial charge < -0.3 is 10.6 Å². The van der Waals surface area contributed by atoms with E-state index in [1.54, 1.807) is 24.3 Å². The smallest absolute Gasteiger partial charge is 0.238 e. The van der Waals surface area contributed by atoms with Crippen molar-refractivity contribution in [3.63, 3.8) is 0 Å². The zero-order chi connectivity index (χ0) is 16.8. The molecule has 1 heterocycles. The van der Waals surface area contributed by atoms with Gasteiger partial charge in [-0.1, -0.05) is 17.7 Å². The molecule has 0 spiro atoms. The second-order valence-electron chi connectivity index (χ2n) is 5.19. The number of rotatable bonds is 6. The lowest BCUT2D eigenvalue weighted by molar-refractivity contribution is -0.117. The van der Waals surface area contributed by atoms with Crippen LogP contribution in [0.4, 0.5) is 11.4 Å². The number of nitrogens with zero attached hydrogens (tertiary/aromatic N) is 1. The number of halogens is 1. The van der Waals surface area contributed by atoms with E-state index in [1.165, 1.54) is 18.3 Å². The highest BCUT2D eigenvalue weighted by Crippen LogP contribution is 2.22. The Balaban J connectivity index is 1.87. The molecule has 122 valence electrons. The number of carbonyl (C=O) groups excluding carboxylic acids is 2. The molecule has 2 rings (SSSR count). The first kappa shape index (κ1) is 17.5. The van der Waals surface area contributed by atoms with Crippen LogP contribution in [0.1, 0.15) is 11.8 Å². The maximum atomic E-state index is 12.1. The Bertz CT molecular complexity index is 702. The van der Waals surface area contributed by atoms with Gasteiger partial charge in [-0.3, -0.25) is 14.5 Å². The number of hydrogen-bond donors (Lipinski definition) is 2. The average molecular weight is 352 g/mol. The molecule has 1 aromatic heterocycles. The number of carbonyl (C=O) groups is 2. The van der Waals surface area contributed by atoms with Crippen molar-refractivity contribution in [1.82, 2.24) is 4.90 Å². The topological polar surface area (TPSA) is 61.4 Å². The molecule has 0 bridgehead atoms. The van der Waals surface area contributed by atoms with Crippen LogP contribution in [0.25, 0.3) is 0 Å². The minimum Gasteiger partial charge on any atom is -0.326 e. The predicted molar refractivity (Wildman–Crippen MR) is 95.0 cm³/mol. The molecule has 1 aromatic carbocycles. The maximum Gasteiger partial charge on any atom is 0.238 e. The van der Waals surface area contributed by atoms with Gasteiger partial charge in [0.05, 0.1) is 10.9 Å². The van der Waals surface area contributed by atoms with Crippen LogP contribution in [-0.2, 0) is 16.1 Å². The van der Waals surface area contributed by atoms with Gasteiger partial charge in [-0.15, -0.1) is 11.3 Å². The summed E-state index contributed by atoms with van der Waals surface area (Å²) in [4.78, 5) is 26.2. The Labute approximate surface area is 144 Å². The Morgan fingerprint density at radius 1 is 1.17 bits per heavy atom. The molecule has 0 aliphatic rings. The predicted octanol–water partition coefficient (Wildman–Crippen LogP) is 3.43. The molecule has 0 fully saturated rings. The quantitative estimate of drug-likeness (QED) is 0.838. The summed E-state index contributed by atoms with van der Waals surface area (Å²) >= 11 is 7.41. The summed E-state index contributed by atoms with van der Waals surface area (Å²) in [6.45, 7) is 2.37. The molecular formula is C16H18ClN3O2S. The van der Waals surface area contributed by atoms with E-state index < -0.39 is 0 Å². The molecule has 0 radical (unpaired) electrons.